The van der Waals surface area contributed by atoms with Crippen LogP contribution in [0.1, 0.15) is 10.4 Å². The van der Waals surface area contributed by atoms with Gasteiger partial charge < -0.3 is 9.51 Å². The summed E-state index contributed by atoms with van der Waals surface area (Å²) >= 11 is 5.86. The highest BCUT2D eigenvalue weighted by Crippen LogP contribution is 2.22. The summed E-state index contributed by atoms with van der Waals surface area (Å²) in [5, 5.41) is 9.57. The van der Waals surface area contributed by atoms with Crippen molar-refractivity contribution in [3.63, 3.8) is 0 Å². The first-order valence-corrected chi connectivity index (χ1v) is 5.11. The molecule has 17 heavy (non-hydrogen) atoms. The first-order chi connectivity index (χ1) is 8.08. The molecule has 0 spiro atoms. The van der Waals surface area contributed by atoms with Crippen molar-refractivity contribution in [1.29, 1.82) is 0 Å². The fourth-order valence-corrected chi connectivity index (χ4v) is 2.12. The molecular formula is C11H5ClN2O3. The van der Waals surface area contributed by atoms with Gasteiger partial charge in [-0.15, -0.1) is 0 Å². The smallest absolute Gasteiger partial charge is 0.341 e. The fraction of sp³-hybridized carbons (Fsp3) is 0. The minimum absolute atomic E-state index is 0.268. The van der Waals surface area contributed by atoms with Gasteiger partial charge in [0.15, 0.2) is 0 Å². The molecule has 0 saturated carbocycles. The van der Waals surface area contributed by atoms with Crippen molar-refractivity contribution in [2.45, 2.75) is 0 Å². The van der Waals surface area contributed by atoms with Crippen molar-refractivity contribution in [1.82, 2.24) is 9.38 Å². The van der Waals surface area contributed by atoms with Crippen molar-refractivity contribution in [2.75, 3.05) is 0 Å². The van der Waals surface area contributed by atoms with Gasteiger partial charge in [-0.3, -0.25) is 4.79 Å². The summed E-state index contributed by atoms with van der Waals surface area (Å²) in [5.41, 5.74) is 0.322. The van der Waals surface area contributed by atoms with Gasteiger partial charge in [0.05, 0.1) is 22.7 Å². The number of nitrogens with zero attached hydrogens (tertiary/aromatic N) is 2. The SMILES string of the molecule is O=C(O)c1cn2cnc3cc(Cl)cc(c1=O)c32. The molecule has 3 aromatic rings. The summed E-state index contributed by atoms with van der Waals surface area (Å²) in [7, 11) is 0. The van der Waals surface area contributed by atoms with Crippen LogP contribution in [0.25, 0.3) is 16.4 Å². The number of carbonyl (C=O) groups is 1. The molecule has 0 aliphatic heterocycles. The summed E-state index contributed by atoms with van der Waals surface area (Å²) in [5.74, 6) is -1.26. The highest BCUT2D eigenvalue weighted by Gasteiger charge is 2.16. The monoisotopic (exact) mass is 248 g/mol. The van der Waals surface area contributed by atoms with Crippen molar-refractivity contribution in [3.8, 4) is 0 Å². The van der Waals surface area contributed by atoms with Gasteiger partial charge in [-0.25, -0.2) is 9.78 Å². The topological polar surface area (TPSA) is 71.7 Å². The molecule has 1 aromatic carbocycles. The van der Waals surface area contributed by atoms with E-state index in [9.17, 15) is 9.59 Å². The molecule has 6 heteroatoms. The Morgan fingerprint density at radius 2 is 2.18 bits per heavy atom. The van der Waals surface area contributed by atoms with Gasteiger partial charge in [0.2, 0.25) is 5.43 Å². The van der Waals surface area contributed by atoms with E-state index in [4.69, 9.17) is 16.7 Å². The maximum absolute atomic E-state index is 11.9. The van der Waals surface area contributed by atoms with Crippen LogP contribution in [0.5, 0.6) is 0 Å². The Hall–Kier alpha value is -2.14. The summed E-state index contributed by atoms with van der Waals surface area (Å²) in [6.07, 6.45) is 2.72. The second-order valence-electron chi connectivity index (χ2n) is 3.65. The predicted molar refractivity (Wildman–Crippen MR) is 62.1 cm³/mol. The van der Waals surface area contributed by atoms with E-state index < -0.39 is 11.4 Å². The minimum atomic E-state index is -1.26. The van der Waals surface area contributed by atoms with Crippen LogP contribution in [0.3, 0.4) is 0 Å². The predicted octanol–water partition coefficient (Wildman–Crippen LogP) is 1.64. The number of benzene rings is 1. The molecule has 0 unspecified atom stereocenters. The lowest BCUT2D eigenvalue weighted by Crippen LogP contribution is -2.16. The third-order valence-electron chi connectivity index (χ3n) is 2.62. The lowest BCUT2D eigenvalue weighted by atomic mass is 10.1. The van der Waals surface area contributed by atoms with Crippen LogP contribution in [0.2, 0.25) is 5.02 Å². The Morgan fingerprint density at radius 1 is 1.41 bits per heavy atom. The summed E-state index contributed by atoms with van der Waals surface area (Å²) in [6, 6.07) is 3.09. The van der Waals surface area contributed by atoms with Crippen LogP contribution in [-0.2, 0) is 0 Å². The number of aromatic nitrogens is 2. The van der Waals surface area contributed by atoms with E-state index in [1.807, 2.05) is 0 Å². The first-order valence-electron chi connectivity index (χ1n) is 4.74. The number of rotatable bonds is 1. The number of aromatic carboxylic acids is 1. The highest BCUT2D eigenvalue weighted by molar-refractivity contribution is 6.32. The van der Waals surface area contributed by atoms with E-state index in [-0.39, 0.29) is 10.9 Å². The van der Waals surface area contributed by atoms with E-state index in [0.29, 0.717) is 16.1 Å². The van der Waals surface area contributed by atoms with Crippen molar-refractivity contribution >= 4 is 34.0 Å². The molecule has 0 radical (unpaired) electrons. The number of halogens is 1. The Balaban J connectivity index is 2.64. The Labute approximate surface area is 99.2 Å². The minimum Gasteiger partial charge on any atom is -0.477 e. The molecule has 3 rings (SSSR count). The van der Waals surface area contributed by atoms with E-state index in [1.165, 1.54) is 23.0 Å². The van der Waals surface area contributed by atoms with Gasteiger partial charge in [0.25, 0.3) is 0 Å². The van der Waals surface area contributed by atoms with Crippen LogP contribution in [0.15, 0.2) is 29.5 Å². The van der Waals surface area contributed by atoms with Crippen LogP contribution < -0.4 is 5.43 Å². The molecule has 2 heterocycles. The maximum atomic E-state index is 11.9. The maximum Gasteiger partial charge on any atom is 0.341 e. The molecule has 0 aliphatic rings. The number of carboxylic acid groups (broad SMARTS) is 1. The van der Waals surface area contributed by atoms with Gasteiger partial charge >= 0.3 is 5.97 Å². The standard InChI is InChI=1S/C11H5ClN2O3/c12-5-1-6-9-8(2-5)13-4-14(9)3-7(10(6)15)11(16)17/h1-4H,(H,16,17). The fourth-order valence-electron chi connectivity index (χ4n) is 1.90. The van der Waals surface area contributed by atoms with Crippen LogP contribution in [0, 0.1) is 0 Å². The number of hydrogen-bond donors (Lipinski definition) is 1. The average Bonchev–Trinajstić information content (AvgIpc) is 2.66. The second-order valence-corrected chi connectivity index (χ2v) is 4.09. The largest absolute Gasteiger partial charge is 0.477 e. The molecule has 0 aliphatic carbocycles. The molecule has 0 saturated heterocycles. The van der Waals surface area contributed by atoms with E-state index >= 15 is 0 Å². The first kappa shape index (κ1) is 10.0. The summed E-state index contributed by atoms with van der Waals surface area (Å²) in [4.78, 5) is 27.0. The second kappa shape index (κ2) is 3.18. The van der Waals surface area contributed by atoms with Gasteiger partial charge in [-0.05, 0) is 12.1 Å². The third kappa shape index (κ3) is 1.29. The van der Waals surface area contributed by atoms with Crippen molar-refractivity contribution in [2.24, 2.45) is 0 Å². The normalized spacial score (nSPS) is 11.4. The Kier molecular flexibility index (Phi) is 1.88. The molecule has 5 nitrogen and oxygen atoms in total. The zero-order valence-corrected chi connectivity index (χ0v) is 9.10. The molecule has 84 valence electrons. The van der Waals surface area contributed by atoms with E-state index in [1.54, 1.807) is 6.07 Å². The number of imidazole rings is 1. The molecular weight excluding hydrogens is 244 g/mol. The molecule has 1 N–H and O–H groups in total. The van der Waals surface area contributed by atoms with Crippen molar-refractivity contribution < 1.29 is 9.90 Å². The lowest BCUT2D eigenvalue weighted by Gasteiger charge is -2.01. The number of pyridine rings is 1. The molecule has 0 amide bonds. The van der Waals surface area contributed by atoms with E-state index in [2.05, 4.69) is 4.98 Å². The zero-order chi connectivity index (χ0) is 12.2. The zero-order valence-electron chi connectivity index (χ0n) is 8.35. The summed E-state index contributed by atoms with van der Waals surface area (Å²) < 4.78 is 1.52. The highest BCUT2D eigenvalue weighted by atomic mass is 35.5. The third-order valence-corrected chi connectivity index (χ3v) is 2.84. The summed E-state index contributed by atoms with van der Waals surface area (Å²) in [6.45, 7) is 0. The number of carboxylic acids is 1. The lowest BCUT2D eigenvalue weighted by molar-refractivity contribution is 0.0695. The van der Waals surface area contributed by atoms with Crippen molar-refractivity contribution in [3.05, 3.63) is 45.5 Å². The van der Waals surface area contributed by atoms with Gasteiger partial charge in [-0.1, -0.05) is 11.6 Å². The van der Waals surface area contributed by atoms with Crippen LogP contribution in [0.4, 0.5) is 0 Å². The number of hydrogen-bond acceptors (Lipinski definition) is 3. The average molecular weight is 249 g/mol. The molecule has 2 aromatic heterocycles. The van der Waals surface area contributed by atoms with Crippen LogP contribution >= 0.6 is 11.6 Å². The van der Waals surface area contributed by atoms with Gasteiger partial charge in [0, 0.05) is 11.2 Å². The van der Waals surface area contributed by atoms with Crippen LogP contribution in [-0.4, -0.2) is 20.5 Å². The Morgan fingerprint density at radius 3 is 2.88 bits per heavy atom. The molecule has 0 bridgehead atoms. The molecule has 0 atom stereocenters. The van der Waals surface area contributed by atoms with Gasteiger partial charge in [0.1, 0.15) is 5.56 Å². The molecule has 0 fully saturated rings. The van der Waals surface area contributed by atoms with E-state index in [0.717, 1.165) is 0 Å². The van der Waals surface area contributed by atoms with Gasteiger partial charge in [-0.2, -0.15) is 0 Å². The Bertz CT molecular complexity index is 809. The quantitative estimate of drug-likeness (QED) is 0.711.